The molecule has 0 spiro atoms. The van der Waals surface area contributed by atoms with Gasteiger partial charge in [0.2, 0.25) is 5.03 Å². The Kier molecular flexibility index (Phi) is 5.59. The number of benzene rings is 2. The summed E-state index contributed by atoms with van der Waals surface area (Å²) in [4.78, 5) is 4.04. The van der Waals surface area contributed by atoms with Crippen LogP contribution in [0.15, 0.2) is 60.1 Å². The third kappa shape index (κ3) is 3.84. The van der Waals surface area contributed by atoms with E-state index in [-0.39, 0.29) is 5.03 Å². The number of imidazole rings is 1. The van der Waals surface area contributed by atoms with Crippen LogP contribution in [0.4, 0.5) is 0 Å². The number of nitrogens with zero attached hydrogens (tertiary/aromatic N) is 4. The molecule has 2 aromatic carbocycles. The Morgan fingerprint density at radius 2 is 1.57 bits per heavy atom. The molecule has 6 nitrogen and oxygen atoms in total. The molecule has 0 bridgehead atoms. The van der Waals surface area contributed by atoms with Crippen molar-refractivity contribution >= 4 is 56.2 Å². The molecule has 11 heteroatoms. The molecule has 2 heterocycles. The molecular weight excluding hydrogens is 490 g/mol. The second-order valence-electron chi connectivity index (χ2n) is 6.38. The smallest absolute Gasteiger partial charge is 0.201 e. The van der Waals surface area contributed by atoms with Gasteiger partial charge in [0.15, 0.2) is 9.84 Å². The van der Waals surface area contributed by atoms with Gasteiger partial charge in [0.1, 0.15) is 5.69 Å². The number of sulfone groups is 1. The first-order chi connectivity index (χ1) is 14.2. The van der Waals surface area contributed by atoms with Crippen molar-refractivity contribution in [3.63, 3.8) is 0 Å². The van der Waals surface area contributed by atoms with Crippen molar-refractivity contribution in [3.8, 4) is 22.6 Å². The molecule has 0 saturated carbocycles. The van der Waals surface area contributed by atoms with Gasteiger partial charge in [-0.2, -0.15) is 5.10 Å². The third-order valence-electron chi connectivity index (χ3n) is 4.28. The fourth-order valence-corrected chi connectivity index (χ4v) is 4.34. The first-order valence-corrected chi connectivity index (χ1v) is 11.8. The molecule has 0 amide bonds. The molecule has 4 aromatic rings. The molecule has 0 saturated heterocycles. The summed E-state index contributed by atoms with van der Waals surface area (Å²) in [5.41, 5.74) is 1.90. The molecule has 0 aliphatic heterocycles. The van der Waals surface area contributed by atoms with Crippen LogP contribution in [0.3, 0.4) is 0 Å². The first-order valence-electron chi connectivity index (χ1n) is 8.39. The third-order valence-corrected chi connectivity index (χ3v) is 6.74. The Bertz CT molecular complexity index is 1370. The Balaban J connectivity index is 2.14. The topological polar surface area (TPSA) is 69.8 Å². The predicted molar refractivity (Wildman–Crippen MR) is 119 cm³/mol. The molecule has 2 aromatic heterocycles. The average molecular weight is 502 g/mol. The monoisotopic (exact) mass is 500 g/mol. The molecule has 0 aliphatic carbocycles. The summed E-state index contributed by atoms with van der Waals surface area (Å²) in [7, 11) is -3.71. The zero-order valence-electron chi connectivity index (χ0n) is 15.2. The summed E-state index contributed by atoms with van der Waals surface area (Å²) in [6.07, 6.45) is 5.76. The minimum Gasteiger partial charge on any atom is -0.302 e. The summed E-state index contributed by atoms with van der Waals surface area (Å²) in [6.45, 7) is 0. The van der Waals surface area contributed by atoms with Crippen LogP contribution >= 0.6 is 46.4 Å². The summed E-state index contributed by atoms with van der Waals surface area (Å²) in [5, 5.41) is 5.62. The number of hydrogen-bond acceptors (Lipinski definition) is 4. The van der Waals surface area contributed by atoms with Gasteiger partial charge in [-0.3, -0.25) is 0 Å². The lowest BCUT2D eigenvalue weighted by Gasteiger charge is -2.12. The first kappa shape index (κ1) is 21.2. The number of hydrogen-bond donors (Lipinski definition) is 0. The zero-order chi connectivity index (χ0) is 21.6. The summed E-state index contributed by atoms with van der Waals surface area (Å²) < 4.78 is 28.3. The molecule has 0 fully saturated rings. The van der Waals surface area contributed by atoms with Crippen LogP contribution in [-0.4, -0.2) is 34.0 Å². The van der Waals surface area contributed by atoms with E-state index in [2.05, 4.69) is 10.1 Å². The van der Waals surface area contributed by atoms with Crippen molar-refractivity contribution in [2.75, 3.05) is 6.26 Å². The van der Waals surface area contributed by atoms with Crippen molar-refractivity contribution in [2.45, 2.75) is 5.03 Å². The highest BCUT2D eigenvalue weighted by Crippen LogP contribution is 2.37. The highest BCUT2D eigenvalue weighted by atomic mass is 35.5. The van der Waals surface area contributed by atoms with Gasteiger partial charge in [-0.05, 0) is 30.3 Å². The van der Waals surface area contributed by atoms with E-state index in [4.69, 9.17) is 46.4 Å². The highest BCUT2D eigenvalue weighted by molar-refractivity contribution is 7.90. The zero-order valence-corrected chi connectivity index (χ0v) is 19.1. The van der Waals surface area contributed by atoms with Crippen molar-refractivity contribution in [3.05, 3.63) is 75.2 Å². The van der Waals surface area contributed by atoms with Crippen molar-refractivity contribution in [1.82, 2.24) is 19.3 Å². The fourth-order valence-electron chi connectivity index (χ4n) is 2.97. The van der Waals surface area contributed by atoms with E-state index in [1.54, 1.807) is 53.4 Å². The van der Waals surface area contributed by atoms with E-state index in [9.17, 15) is 8.42 Å². The molecule has 0 radical (unpaired) electrons. The second kappa shape index (κ2) is 7.90. The molecule has 0 aliphatic rings. The Morgan fingerprint density at radius 1 is 0.900 bits per heavy atom. The summed E-state index contributed by atoms with van der Waals surface area (Å²) in [5.74, 6) is 0. The average Bonchev–Trinajstić information content (AvgIpc) is 3.33. The van der Waals surface area contributed by atoms with Crippen molar-refractivity contribution in [2.24, 2.45) is 0 Å². The van der Waals surface area contributed by atoms with Gasteiger partial charge >= 0.3 is 0 Å². The van der Waals surface area contributed by atoms with Crippen molar-refractivity contribution in [1.29, 1.82) is 0 Å². The maximum atomic E-state index is 12.6. The second-order valence-corrected chi connectivity index (χ2v) is 9.94. The SMILES string of the molecule is CS(=O)(=O)c1nn(-c2ccc(Cl)c(Cl)c2)c(-c2ccc(Cl)c(Cl)c2)c1-n1ccnc1. The largest absolute Gasteiger partial charge is 0.302 e. The maximum absolute atomic E-state index is 12.6. The Hall–Kier alpha value is -2.03. The maximum Gasteiger partial charge on any atom is 0.201 e. The number of aromatic nitrogens is 4. The molecular formula is C19H12Cl4N4O2S. The lowest BCUT2D eigenvalue weighted by molar-refractivity contribution is 0.595. The normalized spacial score (nSPS) is 11.8. The minimum atomic E-state index is -3.71. The lowest BCUT2D eigenvalue weighted by atomic mass is 10.1. The van der Waals surface area contributed by atoms with Crippen LogP contribution in [0.2, 0.25) is 20.1 Å². The van der Waals surface area contributed by atoms with E-state index >= 15 is 0 Å². The lowest BCUT2D eigenvalue weighted by Crippen LogP contribution is -2.04. The Labute approximate surface area is 192 Å². The Morgan fingerprint density at radius 3 is 2.13 bits per heavy atom. The highest BCUT2D eigenvalue weighted by Gasteiger charge is 2.28. The van der Waals surface area contributed by atoms with Crippen LogP contribution in [0.25, 0.3) is 22.6 Å². The predicted octanol–water partition coefficient (Wildman–Crippen LogP) is 5.74. The van der Waals surface area contributed by atoms with E-state index < -0.39 is 9.84 Å². The van der Waals surface area contributed by atoms with Gasteiger partial charge in [0, 0.05) is 24.2 Å². The van der Waals surface area contributed by atoms with Crippen molar-refractivity contribution < 1.29 is 8.42 Å². The van der Waals surface area contributed by atoms with Crippen LogP contribution in [0, 0.1) is 0 Å². The van der Waals surface area contributed by atoms with E-state index in [0.717, 1.165) is 6.26 Å². The summed E-state index contributed by atoms with van der Waals surface area (Å²) in [6, 6.07) is 9.89. The van der Waals surface area contributed by atoms with E-state index in [1.165, 1.54) is 11.0 Å². The molecule has 0 N–H and O–H groups in total. The van der Waals surface area contributed by atoms with Gasteiger partial charge in [0.25, 0.3) is 0 Å². The van der Waals surface area contributed by atoms with Crippen LogP contribution in [0.5, 0.6) is 0 Å². The molecule has 30 heavy (non-hydrogen) atoms. The van der Waals surface area contributed by atoms with Gasteiger partial charge in [-0.1, -0.05) is 52.5 Å². The van der Waals surface area contributed by atoms with Gasteiger partial charge < -0.3 is 4.57 Å². The van der Waals surface area contributed by atoms with Gasteiger partial charge in [0.05, 0.1) is 37.8 Å². The summed E-state index contributed by atoms with van der Waals surface area (Å²) >= 11 is 24.6. The van der Waals surface area contributed by atoms with Crippen LogP contribution in [-0.2, 0) is 9.84 Å². The molecule has 0 unspecified atom stereocenters. The van der Waals surface area contributed by atoms with Crippen LogP contribution < -0.4 is 0 Å². The van der Waals surface area contributed by atoms with E-state index in [1.807, 2.05) is 0 Å². The van der Waals surface area contributed by atoms with Gasteiger partial charge in [-0.15, -0.1) is 0 Å². The number of rotatable bonds is 4. The minimum absolute atomic E-state index is 0.132. The van der Waals surface area contributed by atoms with Crippen LogP contribution in [0.1, 0.15) is 0 Å². The quantitative estimate of drug-likeness (QED) is 0.357. The molecule has 154 valence electrons. The van der Waals surface area contributed by atoms with Gasteiger partial charge in [-0.25, -0.2) is 18.1 Å². The number of halogens is 4. The van der Waals surface area contributed by atoms with E-state index in [0.29, 0.717) is 42.7 Å². The molecule has 4 rings (SSSR count). The fraction of sp³-hybridized carbons (Fsp3) is 0.0526. The molecule has 0 atom stereocenters. The standard InChI is InChI=1S/C19H12Cl4N4O2S/c1-30(28,29)19-18(26-7-6-24-10-26)17(11-2-4-13(20)15(22)8-11)27(25-19)12-3-5-14(21)16(23)9-12/h2-10H,1H3.